The minimum Gasteiger partial charge on any atom is -0.391 e. The van der Waals surface area contributed by atoms with Gasteiger partial charge in [0.1, 0.15) is 11.0 Å². The summed E-state index contributed by atoms with van der Waals surface area (Å²) in [4.78, 5) is 18.4. The van der Waals surface area contributed by atoms with Gasteiger partial charge in [-0.2, -0.15) is 0 Å². The first kappa shape index (κ1) is 16.0. The number of nitrogens with one attached hydrogen (secondary N) is 1. The number of nitrogens with zero attached hydrogens (tertiary/aromatic N) is 2. The van der Waals surface area contributed by atoms with Gasteiger partial charge >= 0.3 is 0 Å². The number of likely N-dealkylation sites (tertiary alicyclic amines) is 1. The van der Waals surface area contributed by atoms with Crippen molar-refractivity contribution in [2.75, 3.05) is 25.0 Å². The molecule has 1 aromatic heterocycles. The fourth-order valence-corrected chi connectivity index (χ4v) is 2.59. The van der Waals surface area contributed by atoms with Crippen LogP contribution in [0, 0.1) is 5.92 Å². The maximum absolute atomic E-state index is 12.5. The fourth-order valence-electron chi connectivity index (χ4n) is 2.38. The van der Waals surface area contributed by atoms with Gasteiger partial charge in [-0.15, -0.1) is 0 Å². The number of β-amino-alcohol motifs (C(OH)–C–C–N with tert-alkyl or cyclic N) is 1. The molecule has 1 saturated heterocycles. The summed E-state index contributed by atoms with van der Waals surface area (Å²) in [5, 5.41) is 13.4. The van der Waals surface area contributed by atoms with Crippen LogP contribution < -0.4 is 5.32 Å². The summed E-state index contributed by atoms with van der Waals surface area (Å²) < 4.78 is 0. The molecular formula is C15H22ClN3O2. The molecule has 0 saturated carbocycles. The lowest BCUT2D eigenvalue weighted by Crippen LogP contribution is -2.45. The van der Waals surface area contributed by atoms with E-state index >= 15 is 0 Å². The number of amides is 1. The van der Waals surface area contributed by atoms with Gasteiger partial charge < -0.3 is 15.3 Å². The molecule has 2 unspecified atom stereocenters. The summed E-state index contributed by atoms with van der Waals surface area (Å²) in [5.41, 5.74) is 0.510. The topological polar surface area (TPSA) is 65.5 Å². The molecule has 5 nitrogen and oxygen atoms in total. The Morgan fingerprint density at radius 1 is 1.57 bits per heavy atom. The number of aliphatic hydroxyl groups excluding tert-OH is 1. The second-order valence-electron chi connectivity index (χ2n) is 5.58. The average molecular weight is 312 g/mol. The lowest BCUT2D eigenvalue weighted by molar-refractivity contribution is 0.0248. The first-order chi connectivity index (χ1) is 10.0. The second kappa shape index (κ2) is 7.09. The van der Waals surface area contributed by atoms with Crippen molar-refractivity contribution in [1.29, 1.82) is 0 Å². The molecule has 1 amide bonds. The number of aliphatic hydroxyl groups is 1. The van der Waals surface area contributed by atoms with Gasteiger partial charge in [0.15, 0.2) is 0 Å². The molecule has 6 heteroatoms. The quantitative estimate of drug-likeness (QED) is 0.838. The summed E-state index contributed by atoms with van der Waals surface area (Å²) >= 11 is 5.99. The minimum absolute atomic E-state index is 0.107. The molecular weight excluding hydrogens is 290 g/mol. The van der Waals surface area contributed by atoms with Crippen molar-refractivity contribution in [3.63, 3.8) is 0 Å². The van der Waals surface area contributed by atoms with Gasteiger partial charge in [-0.25, -0.2) is 4.98 Å². The highest BCUT2D eigenvalue weighted by Gasteiger charge is 2.28. The van der Waals surface area contributed by atoms with E-state index in [9.17, 15) is 9.90 Å². The third-order valence-corrected chi connectivity index (χ3v) is 4.00. The molecule has 0 bridgehead atoms. The van der Waals surface area contributed by atoms with Crippen molar-refractivity contribution < 1.29 is 9.90 Å². The Labute approximate surface area is 130 Å². The molecule has 116 valence electrons. The highest BCUT2D eigenvalue weighted by molar-refractivity contribution is 6.29. The molecule has 1 aromatic rings. The van der Waals surface area contributed by atoms with E-state index in [4.69, 9.17) is 11.6 Å². The maximum Gasteiger partial charge on any atom is 0.254 e. The first-order valence-corrected chi connectivity index (χ1v) is 7.78. The zero-order chi connectivity index (χ0) is 15.4. The van der Waals surface area contributed by atoms with Crippen LogP contribution in [0.3, 0.4) is 0 Å². The summed E-state index contributed by atoms with van der Waals surface area (Å²) in [6, 6.07) is 3.29. The SMILES string of the molecule is CCCNc1cc(C(=O)N2CCC(C)C(O)C2)cc(Cl)n1. The van der Waals surface area contributed by atoms with Crippen LogP contribution >= 0.6 is 11.6 Å². The lowest BCUT2D eigenvalue weighted by Gasteiger charge is -2.34. The Bertz CT molecular complexity index is 510. The molecule has 0 aliphatic carbocycles. The van der Waals surface area contributed by atoms with Crippen molar-refractivity contribution in [3.05, 3.63) is 22.8 Å². The number of hydrogen-bond donors (Lipinski definition) is 2. The largest absolute Gasteiger partial charge is 0.391 e. The van der Waals surface area contributed by atoms with E-state index in [2.05, 4.69) is 17.2 Å². The lowest BCUT2D eigenvalue weighted by atomic mass is 9.95. The zero-order valence-electron chi connectivity index (χ0n) is 12.5. The third kappa shape index (κ3) is 4.08. The zero-order valence-corrected chi connectivity index (χ0v) is 13.2. The molecule has 2 atom stereocenters. The molecule has 1 aliphatic rings. The number of piperidine rings is 1. The summed E-state index contributed by atoms with van der Waals surface area (Å²) in [7, 11) is 0. The smallest absolute Gasteiger partial charge is 0.254 e. The Morgan fingerprint density at radius 2 is 2.33 bits per heavy atom. The van der Waals surface area contributed by atoms with Crippen LogP contribution in [0.4, 0.5) is 5.82 Å². The fraction of sp³-hybridized carbons (Fsp3) is 0.600. The number of rotatable bonds is 4. The van der Waals surface area contributed by atoms with E-state index in [0.29, 0.717) is 29.6 Å². The predicted octanol–water partition coefficient (Wildman–Crippen LogP) is 2.40. The number of anilines is 1. The van der Waals surface area contributed by atoms with Gasteiger partial charge in [0.25, 0.3) is 5.91 Å². The third-order valence-electron chi connectivity index (χ3n) is 3.80. The van der Waals surface area contributed by atoms with Crippen molar-refractivity contribution >= 4 is 23.3 Å². The number of hydrogen-bond acceptors (Lipinski definition) is 4. The predicted molar refractivity (Wildman–Crippen MR) is 83.7 cm³/mol. The summed E-state index contributed by atoms with van der Waals surface area (Å²) in [6.07, 6.45) is 1.32. The van der Waals surface area contributed by atoms with Crippen molar-refractivity contribution in [1.82, 2.24) is 9.88 Å². The molecule has 1 aliphatic heterocycles. The first-order valence-electron chi connectivity index (χ1n) is 7.40. The van der Waals surface area contributed by atoms with E-state index in [-0.39, 0.29) is 11.8 Å². The normalized spacial score (nSPS) is 22.2. The van der Waals surface area contributed by atoms with Crippen LogP contribution in [0.15, 0.2) is 12.1 Å². The average Bonchev–Trinajstić information content (AvgIpc) is 2.46. The van der Waals surface area contributed by atoms with Gasteiger partial charge in [-0.1, -0.05) is 25.4 Å². The highest BCUT2D eigenvalue weighted by Crippen LogP contribution is 2.21. The van der Waals surface area contributed by atoms with E-state index < -0.39 is 6.10 Å². The van der Waals surface area contributed by atoms with Crippen LogP contribution in [0.25, 0.3) is 0 Å². The van der Waals surface area contributed by atoms with E-state index in [1.54, 1.807) is 17.0 Å². The van der Waals surface area contributed by atoms with E-state index in [1.165, 1.54) is 0 Å². The van der Waals surface area contributed by atoms with Gasteiger partial charge in [0.05, 0.1) is 6.10 Å². The Balaban J connectivity index is 2.13. The second-order valence-corrected chi connectivity index (χ2v) is 5.96. The molecule has 0 spiro atoms. The highest BCUT2D eigenvalue weighted by atomic mass is 35.5. The number of carbonyl (C=O) groups excluding carboxylic acids is 1. The van der Waals surface area contributed by atoms with Crippen LogP contribution in [0.1, 0.15) is 37.0 Å². The van der Waals surface area contributed by atoms with Crippen LogP contribution in [-0.4, -0.2) is 46.6 Å². The van der Waals surface area contributed by atoms with Crippen LogP contribution in [0.2, 0.25) is 5.15 Å². The Hall–Kier alpha value is -1.33. The van der Waals surface area contributed by atoms with Gasteiger partial charge in [0.2, 0.25) is 0 Å². The molecule has 2 heterocycles. The molecule has 0 radical (unpaired) electrons. The standard InChI is InChI=1S/C15H22ClN3O2/c1-3-5-17-14-8-11(7-13(16)18-14)15(21)19-6-4-10(2)12(20)9-19/h7-8,10,12,20H,3-6,9H2,1-2H3,(H,17,18). The molecule has 2 N–H and O–H groups in total. The van der Waals surface area contributed by atoms with Crippen molar-refractivity contribution in [2.24, 2.45) is 5.92 Å². The molecule has 21 heavy (non-hydrogen) atoms. The molecule has 0 aromatic carbocycles. The minimum atomic E-state index is -0.460. The Kier molecular flexibility index (Phi) is 5.42. The number of pyridine rings is 1. The van der Waals surface area contributed by atoms with E-state index in [1.807, 2.05) is 6.92 Å². The monoisotopic (exact) mass is 311 g/mol. The Morgan fingerprint density at radius 3 is 3.00 bits per heavy atom. The van der Waals surface area contributed by atoms with Crippen molar-refractivity contribution in [3.8, 4) is 0 Å². The van der Waals surface area contributed by atoms with Gasteiger partial charge in [0, 0.05) is 25.2 Å². The number of carbonyl (C=O) groups is 1. The van der Waals surface area contributed by atoms with Crippen LogP contribution in [-0.2, 0) is 0 Å². The van der Waals surface area contributed by atoms with Crippen molar-refractivity contribution in [2.45, 2.75) is 32.8 Å². The van der Waals surface area contributed by atoms with E-state index in [0.717, 1.165) is 19.4 Å². The molecule has 2 rings (SSSR count). The molecule has 1 fully saturated rings. The summed E-state index contributed by atoms with van der Waals surface area (Å²) in [5.74, 6) is 0.736. The number of halogens is 1. The van der Waals surface area contributed by atoms with Gasteiger partial charge in [-0.3, -0.25) is 4.79 Å². The van der Waals surface area contributed by atoms with Gasteiger partial charge in [-0.05, 0) is 30.9 Å². The maximum atomic E-state index is 12.5. The summed E-state index contributed by atoms with van der Waals surface area (Å²) in [6.45, 7) is 5.87. The van der Waals surface area contributed by atoms with Crippen LogP contribution in [0.5, 0.6) is 0 Å². The number of aromatic nitrogens is 1.